The fourth-order valence-electron chi connectivity index (χ4n) is 2.44. The number of rotatable bonds is 4. The Hall–Kier alpha value is -3.81. The van der Waals surface area contributed by atoms with Gasteiger partial charge in [-0.25, -0.2) is 0 Å². The first-order valence-electron chi connectivity index (χ1n) is 7.85. The van der Waals surface area contributed by atoms with E-state index in [9.17, 15) is 4.79 Å². The lowest BCUT2D eigenvalue weighted by molar-refractivity contribution is 0.102. The summed E-state index contributed by atoms with van der Waals surface area (Å²) in [5.41, 5.74) is 20.3. The molecule has 0 unspecified atom stereocenters. The molecule has 0 bridgehead atoms. The summed E-state index contributed by atoms with van der Waals surface area (Å²) in [6.07, 6.45) is 0. The molecule has 3 aromatic rings. The van der Waals surface area contributed by atoms with Gasteiger partial charge in [-0.05, 0) is 55.0 Å². The van der Waals surface area contributed by atoms with Crippen molar-refractivity contribution in [1.29, 1.82) is 0 Å². The van der Waals surface area contributed by atoms with Crippen LogP contribution in [0.3, 0.4) is 0 Å². The van der Waals surface area contributed by atoms with Crippen molar-refractivity contribution < 1.29 is 4.79 Å². The minimum absolute atomic E-state index is 0.103. The van der Waals surface area contributed by atoms with Crippen molar-refractivity contribution in [3.8, 4) is 0 Å². The van der Waals surface area contributed by atoms with Gasteiger partial charge in [0.1, 0.15) is 5.69 Å². The lowest BCUT2D eigenvalue weighted by Gasteiger charge is -2.03. The van der Waals surface area contributed by atoms with E-state index in [2.05, 4.69) is 20.5 Å². The number of nitrogens with zero attached hydrogens (tertiary/aromatic N) is 2. The van der Waals surface area contributed by atoms with Gasteiger partial charge in [0.05, 0.1) is 5.71 Å². The second-order valence-corrected chi connectivity index (χ2v) is 5.77. The number of H-pyrrole nitrogens is 1. The third kappa shape index (κ3) is 3.81. The van der Waals surface area contributed by atoms with E-state index < -0.39 is 0 Å². The molecule has 8 heteroatoms. The van der Waals surface area contributed by atoms with Gasteiger partial charge in [-0.15, -0.1) is 5.10 Å². The Kier molecular flexibility index (Phi) is 4.57. The number of nitrogens with two attached hydrogens (primary N) is 3. The lowest BCUT2D eigenvalue weighted by Crippen LogP contribution is -2.22. The molecule has 0 spiro atoms. The Balaban J connectivity index is 1.84. The lowest BCUT2D eigenvalue weighted by atomic mass is 10.1. The molecular formula is C18H19N7O. The molecular weight excluding hydrogens is 330 g/mol. The van der Waals surface area contributed by atoms with Crippen molar-refractivity contribution in [3.05, 3.63) is 59.8 Å². The maximum Gasteiger partial charge on any atom is 0.272 e. The highest BCUT2D eigenvalue weighted by atomic mass is 16.1. The fraction of sp³-hybridized carbons (Fsp3) is 0.0556. The summed E-state index contributed by atoms with van der Waals surface area (Å²) in [6, 6.07) is 14.4. The average Bonchev–Trinajstić information content (AvgIpc) is 3.05. The summed E-state index contributed by atoms with van der Waals surface area (Å²) in [5, 5.41) is 11.3. The molecule has 1 aromatic heterocycles. The molecule has 0 fully saturated rings. The van der Waals surface area contributed by atoms with Gasteiger partial charge in [-0.2, -0.15) is 5.10 Å². The maximum atomic E-state index is 12.4. The van der Waals surface area contributed by atoms with E-state index in [0.717, 1.165) is 16.5 Å². The van der Waals surface area contributed by atoms with E-state index in [0.29, 0.717) is 22.8 Å². The molecule has 2 aromatic carbocycles. The first-order chi connectivity index (χ1) is 12.4. The van der Waals surface area contributed by atoms with E-state index in [4.69, 9.17) is 17.2 Å². The number of nitrogen functional groups attached to an aromatic ring is 1. The Bertz CT molecular complexity index is 1010. The van der Waals surface area contributed by atoms with Crippen LogP contribution in [0, 0.1) is 0 Å². The molecule has 132 valence electrons. The largest absolute Gasteiger partial charge is 0.399 e. The number of fused-ring (bicyclic) bond motifs is 1. The second-order valence-electron chi connectivity index (χ2n) is 5.77. The highest BCUT2D eigenvalue weighted by Crippen LogP contribution is 2.19. The Morgan fingerprint density at radius 2 is 1.77 bits per heavy atom. The van der Waals surface area contributed by atoms with Crippen molar-refractivity contribution in [2.24, 2.45) is 21.7 Å². The summed E-state index contributed by atoms with van der Waals surface area (Å²) >= 11 is 0. The second kappa shape index (κ2) is 6.98. The number of aromatic amines is 1. The molecule has 0 saturated carbocycles. The molecule has 1 heterocycles. The molecule has 0 atom stereocenters. The topological polar surface area (TPSA) is 148 Å². The first kappa shape index (κ1) is 17.0. The van der Waals surface area contributed by atoms with E-state index >= 15 is 0 Å². The molecule has 1 amide bonds. The number of carbonyl (C=O) groups is 1. The zero-order valence-electron chi connectivity index (χ0n) is 14.2. The normalized spacial score (nSPS) is 11.3. The van der Waals surface area contributed by atoms with Gasteiger partial charge in [0, 0.05) is 22.3 Å². The first-order valence-corrected chi connectivity index (χ1v) is 7.85. The highest BCUT2D eigenvalue weighted by molar-refractivity contribution is 6.07. The van der Waals surface area contributed by atoms with Gasteiger partial charge in [0.2, 0.25) is 5.96 Å². The predicted octanol–water partition coefficient (Wildman–Crippen LogP) is 2.00. The summed E-state index contributed by atoms with van der Waals surface area (Å²) in [6.45, 7) is 1.80. The number of anilines is 2. The van der Waals surface area contributed by atoms with Crippen LogP contribution in [0.15, 0.2) is 58.7 Å². The van der Waals surface area contributed by atoms with Crippen LogP contribution in [0.25, 0.3) is 10.9 Å². The number of carbonyl (C=O) groups excluding carboxylic acids is 1. The molecule has 0 radical (unpaired) electrons. The zero-order chi connectivity index (χ0) is 18.7. The number of hydrogen-bond donors (Lipinski definition) is 5. The number of nitrogens with one attached hydrogen (secondary N) is 2. The van der Waals surface area contributed by atoms with Crippen LogP contribution >= 0.6 is 0 Å². The SMILES string of the molecule is CC(=NN=C(N)N)c1ccc2[nH]c(C(=O)Nc3ccc(N)cc3)cc2c1. The molecule has 8 nitrogen and oxygen atoms in total. The Morgan fingerprint density at radius 1 is 1.04 bits per heavy atom. The van der Waals surface area contributed by atoms with Gasteiger partial charge < -0.3 is 27.5 Å². The van der Waals surface area contributed by atoms with Crippen LogP contribution in [0.4, 0.5) is 11.4 Å². The third-order valence-electron chi connectivity index (χ3n) is 3.77. The Morgan fingerprint density at radius 3 is 2.46 bits per heavy atom. The molecule has 0 aliphatic carbocycles. The van der Waals surface area contributed by atoms with Crippen molar-refractivity contribution in [2.45, 2.75) is 6.92 Å². The van der Waals surface area contributed by atoms with Gasteiger partial charge >= 0.3 is 0 Å². The number of benzene rings is 2. The van der Waals surface area contributed by atoms with Crippen molar-refractivity contribution in [3.63, 3.8) is 0 Å². The monoisotopic (exact) mass is 349 g/mol. The zero-order valence-corrected chi connectivity index (χ0v) is 14.2. The van der Waals surface area contributed by atoms with Gasteiger partial charge in [0.15, 0.2) is 0 Å². The average molecular weight is 349 g/mol. The van der Waals surface area contributed by atoms with Gasteiger partial charge in [0.25, 0.3) is 5.91 Å². The van der Waals surface area contributed by atoms with Crippen molar-refractivity contribution in [1.82, 2.24) is 4.98 Å². The predicted molar refractivity (Wildman–Crippen MR) is 105 cm³/mol. The smallest absolute Gasteiger partial charge is 0.272 e. The minimum Gasteiger partial charge on any atom is -0.399 e. The van der Waals surface area contributed by atoms with Gasteiger partial charge in [-0.1, -0.05) is 6.07 Å². The van der Waals surface area contributed by atoms with Crippen LogP contribution in [0.5, 0.6) is 0 Å². The van der Waals surface area contributed by atoms with E-state index in [1.165, 1.54) is 0 Å². The van der Waals surface area contributed by atoms with Crippen LogP contribution in [0.2, 0.25) is 0 Å². The van der Waals surface area contributed by atoms with E-state index in [1.807, 2.05) is 18.2 Å². The highest BCUT2D eigenvalue weighted by Gasteiger charge is 2.11. The fourth-order valence-corrected chi connectivity index (χ4v) is 2.44. The number of hydrogen-bond acceptors (Lipinski definition) is 4. The van der Waals surface area contributed by atoms with Crippen LogP contribution in [0.1, 0.15) is 23.0 Å². The van der Waals surface area contributed by atoms with E-state index in [1.54, 1.807) is 37.3 Å². The quantitative estimate of drug-likeness (QED) is 0.212. The molecule has 3 rings (SSSR count). The third-order valence-corrected chi connectivity index (χ3v) is 3.77. The van der Waals surface area contributed by atoms with Crippen LogP contribution in [-0.4, -0.2) is 22.6 Å². The standard InChI is InChI=1S/C18H19N7O/c1-10(24-25-18(20)21)11-2-7-15-12(8-11)9-16(23-15)17(26)22-14-5-3-13(19)4-6-14/h2-9,23H,19H2,1H3,(H,22,26)(H4,20,21,25). The van der Waals surface area contributed by atoms with E-state index in [-0.39, 0.29) is 11.9 Å². The molecule has 0 aliphatic rings. The number of amides is 1. The van der Waals surface area contributed by atoms with Crippen LogP contribution < -0.4 is 22.5 Å². The van der Waals surface area contributed by atoms with Crippen molar-refractivity contribution >= 4 is 39.9 Å². The van der Waals surface area contributed by atoms with Crippen molar-refractivity contribution in [2.75, 3.05) is 11.1 Å². The number of guanidine groups is 1. The minimum atomic E-state index is -0.238. The molecule has 8 N–H and O–H groups in total. The summed E-state index contributed by atoms with van der Waals surface area (Å²) in [4.78, 5) is 15.5. The summed E-state index contributed by atoms with van der Waals surface area (Å²) < 4.78 is 0. The maximum absolute atomic E-state index is 12.4. The molecule has 26 heavy (non-hydrogen) atoms. The summed E-state index contributed by atoms with van der Waals surface area (Å²) in [7, 11) is 0. The Labute approximate surface area is 149 Å². The number of aromatic nitrogens is 1. The summed E-state index contributed by atoms with van der Waals surface area (Å²) in [5.74, 6) is -0.341. The molecule has 0 saturated heterocycles. The molecule has 0 aliphatic heterocycles. The van der Waals surface area contributed by atoms with Crippen LogP contribution in [-0.2, 0) is 0 Å². The van der Waals surface area contributed by atoms with Gasteiger partial charge in [-0.3, -0.25) is 4.79 Å².